The smallest absolute Gasteiger partial charge is 0.408 e. The van der Waals surface area contributed by atoms with Gasteiger partial charge in [-0.2, -0.15) is 0 Å². The molecule has 66 valence electrons. The van der Waals surface area contributed by atoms with E-state index in [1.807, 2.05) is 0 Å². The summed E-state index contributed by atoms with van der Waals surface area (Å²) in [5.74, 6) is 0. The summed E-state index contributed by atoms with van der Waals surface area (Å²) < 4.78 is 5.35. The van der Waals surface area contributed by atoms with Gasteiger partial charge in [0.05, 0.1) is 24.8 Å². The summed E-state index contributed by atoms with van der Waals surface area (Å²) in [5.41, 5.74) is -0.434. The topological polar surface area (TPSA) is 49.8 Å². The molecule has 2 aliphatic heterocycles. The van der Waals surface area contributed by atoms with Gasteiger partial charge in [-0.05, 0) is 0 Å². The van der Waals surface area contributed by atoms with E-state index in [1.54, 1.807) is 6.08 Å². The van der Waals surface area contributed by atoms with Crippen LogP contribution in [0.4, 0.5) is 4.79 Å². The average Bonchev–Trinajstić information content (AvgIpc) is 2.60. The molecule has 2 fully saturated rings. The first-order chi connectivity index (χ1) is 5.68. The van der Waals surface area contributed by atoms with Crippen LogP contribution in [-0.2, 0) is 4.74 Å². The van der Waals surface area contributed by atoms with Crippen molar-refractivity contribution in [3.63, 3.8) is 0 Å². The van der Waals surface area contributed by atoms with Crippen LogP contribution >= 0.6 is 0 Å². The predicted octanol–water partition coefficient (Wildman–Crippen LogP) is 0.694. The van der Waals surface area contributed by atoms with Gasteiger partial charge in [0.1, 0.15) is 0 Å². The molecule has 12 heavy (non-hydrogen) atoms. The fraction of sp³-hybridized carbons (Fsp3) is 0.625. The molecule has 2 rings (SSSR count). The molecule has 2 atom stereocenters. The van der Waals surface area contributed by atoms with Gasteiger partial charge < -0.3 is 9.84 Å². The lowest BCUT2D eigenvalue weighted by Crippen LogP contribution is -2.49. The summed E-state index contributed by atoms with van der Waals surface area (Å²) in [6.45, 7) is 4.61. The maximum Gasteiger partial charge on any atom is 0.408 e. The van der Waals surface area contributed by atoms with Gasteiger partial charge in [-0.25, -0.2) is 4.79 Å². The van der Waals surface area contributed by atoms with E-state index in [0.29, 0.717) is 13.2 Å². The Kier molecular flexibility index (Phi) is 1.41. The number of hydrogen-bond donors (Lipinski definition) is 1. The number of carboxylic acid groups (broad SMARTS) is 1. The molecular weight excluding hydrogens is 158 g/mol. The number of fused-ring (bicyclic) bond motifs is 2. The Hall–Kier alpha value is -1.03. The number of amides is 1. The van der Waals surface area contributed by atoms with E-state index >= 15 is 0 Å². The minimum absolute atomic E-state index is 0.0825. The normalized spacial score (nSPS) is 38.7. The lowest BCUT2D eigenvalue weighted by molar-refractivity contribution is 0.0132. The van der Waals surface area contributed by atoms with Crippen molar-refractivity contribution in [3.8, 4) is 0 Å². The molecule has 0 aromatic rings. The second-order valence-corrected chi connectivity index (χ2v) is 3.34. The van der Waals surface area contributed by atoms with E-state index in [0.717, 1.165) is 6.42 Å². The van der Waals surface area contributed by atoms with E-state index in [-0.39, 0.29) is 6.10 Å². The van der Waals surface area contributed by atoms with E-state index in [1.165, 1.54) is 4.90 Å². The summed E-state index contributed by atoms with van der Waals surface area (Å²) >= 11 is 0. The van der Waals surface area contributed by atoms with Gasteiger partial charge in [-0.1, -0.05) is 6.08 Å². The monoisotopic (exact) mass is 169 g/mol. The van der Waals surface area contributed by atoms with Crippen molar-refractivity contribution in [2.45, 2.75) is 18.1 Å². The number of rotatable bonds is 1. The second-order valence-electron chi connectivity index (χ2n) is 3.34. The number of hydrogen-bond acceptors (Lipinski definition) is 2. The molecule has 0 aromatic carbocycles. The van der Waals surface area contributed by atoms with Gasteiger partial charge in [-0.15, -0.1) is 6.58 Å². The molecule has 0 spiro atoms. The highest BCUT2D eigenvalue weighted by Crippen LogP contribution is 2.38. The Labute approximate surface area is 70.4 Å². The van der Waals surface area contributed by atoms with Crippen LogP contribution in [0.3, 0.4) is 0 Å². The third-order valence-corrected chi connectivity index (χ3v) is 2.68. The molecule has 4 heteroatoms. The van der Waals surface area contributed by atoms with Gasteiger partial charge in [0, 0.05) is 6.42 Å². The second kappa shape index (κ2) is 2.23. The van der Waals surface area contributed by atoms with E-state index < -0.39 is 11.6 Å². The highest BCUT2D eigenvalue weighted by molar-refractivity contribution is 5.67. The molecule has 0 aromatic heterocycles. The molecule has 2 aliphatic rings. The Morgan fingerprint density at radius 2 is 2.58 bits per heavy atom. The Bertz CT molecular complexity index is 240. The zero-order valence-corrected chi connectivity index (χ0v) is 6.69. The summed E-state index contributed by atoms with van der Waals surface area (Å²) in [7, 11) is 0. The van der Waals surface area contributed by atoms with Crippen LogP contribution < -0.4 is 0 Å². The zero-order chi connectivity index (χ0) is 8.77. The van der Waals surface area contributed by atoms with Crippen molar-refractivity contribution in [3.05, 3.63) is 12.7 Å². The van der Waals surface area contributed by atoms with Crippen LogP contribution in [0.2, 0.25) is 0 Å². The SMILES string of the molecule is C=C[C@]12CO[C@H](CN1C(=O)O)C2. The van der Waals surface area contributed by atoms with E-state index in [4.69, 9.17) is 9.84 Å². The maximum atomic E-state index is 10.8. The zero-order valence-electron chi connectivity index (χ0n) is 6.69. The first-order valence-electron chi connectivity index (χ1n) is 3.94. The highest BCUT2D eigenvalue weighted by Gasteiger charge is 2.52. The molecule has 0 unspecified atom stereocenters. The van der Waals surface area contributed by atoms with E-state index in [2.05, 4.69) is 6.58 Å². The Balaban J connectivity index is 2.28. The molecule has 2 saturated heterocycles. The Morgan fingerprint density at radius 1 is 1.83 bits per heavy atom. The third-order valence-electron chi connectivity index (χ3n) is 2.68. The number of ether oxygens (including phenoxy) is 1. The molecular formula is C8H11NO3. The fourth-order valence-electron chi connectivity index (χ4n) is 1.99. The van der Waals surface area contributed by atoms with Crippen LogP contribution in [0, 0.1) is 0 Å². The van der Waals surface area contributed by atoms with Crippen molar-refractivity contribution in [2.24, 2.45) is 0 Å². The molecule has 4 nitrogen and oxygen atoms in total. The van der Waals surface area contributed by atoms with Gasteiger partial charge >= 0.3 is 6.09 Å². The highest BCUT2D eigenvalue weighted by atomic mass is 16.5. The van der Waals surface area contributed by atoms with Crippen LogP contribution in [-0.4, -0.2) is 40.9 Å². The molecule has 1 amide bonds. The van der Waals surface area contributed by atoms with Gasteiger partial charge in [0.15, 0.2) is 0 Å². The lowest BCUT2D eigenvalue weighted by atomic mass is 10.00. The summed E-state index contributed by atoms with van der Waals surface area (Å²) in [6, 6.07) is 0. The Morgan fingerprint density at radius 3 is 3.00 bits per heavy atom. The lowest BCUT2D eigenvalue weighted by Gasteiger charge is -2.33. The van der Waals surface area contributed by atoms with E-state index in [9.17, 15) is 4.79 Å². The van der Waals surface area contributed by atoms with Crippen LogP contribution in [0.1, 0.15) is 6.42 Å². The molecule has 0 radical (unpaired) electrons. The average molecular weight is 169 g/mol. The molecule has 1 N–H and O–H groups in total. The third kappa shape index (κ3) is 0.783. The fourth-order valence-corrected chi connectivity index (χ4v) is 1.99. The predicted molar refractivity (Wildman–Crippen MR) is 42.0 cm³/mol. The molecule has 0 saturated carbocycles. The minimum Gasteiger partial charge on any atom is -0.465 e. The quantitative estimate of drug-likeness (QED) is 0.587. The first kappa shape index (κ1) is 7.61. The van der Waals surface area contributed by atoms with Crippen molar-refractivity contribution in [1.29, 1.82) is 0 Å². The number of morpholine rings is 1. The molecule has 2 bridgehead atoms. The van der Waals surface area contributed by atoms with Crippen molar-refractivity contribution >= 4 is 6.09 Å². The minimum atomic E-state index is -0.874. The van der Waals surface area contributed by atoms with Gasteiger partial charge in [0.2, 0.25) is 0 Å². The van der Waals surface area contributed by atoms with Crippen LogP contribution in [0.25, 0.3) is 0 Å². The standard InChI is InChI=1S/C8H11NO3/c1-2-8-3-6(12-5-8)4-9(8)7(10)11/h2,6H,1,3-5H2,(H,10,11)/t6-,8-/m0/s1. The first-order valence-corrected chi connectivity index (χ1v) is 3.94. The van der Waals surface area contributed by atoms with Gasteiger partial charge in [0.25, 0.3) is 0 Å². The van der Waals surface area contributed by atoms with Gasteiger partial charge in [-0.3, -0.25) is 4.90 Å². The molecule has 0 aliphatic carbocycles. The number of carbonyl (C=O) groups is 1. The summed E-state index contributed by atoms with van der Waals surface area (Å²) in [5, 5.41) is 8.85. The summed E-state index contributed by atoms with van der Waals surface area (Å²) in [6.07, 6.45) is 1.66. The summed E-state index contributed by atoms with van der Waals surface area (Å²) in [4.78, 5) is 12.2. The van der Waals surface area contributed by atoms with Crippen molar-refractivity contribution < 1.29 is 14.6 Å². The van der Waals surface area contributed by atoms with Crippen LogP contribution in [0.5, 0.6) is 0 Å². The maximum absolute atomic E-state index is 10.8. The number of likely N-dealkylation sites (tertiary alicyclic amines) is 1. The van der Waals surface area contributed by atoms with Crippen LogP contribution in [0.15, 0.2) is 12.7 Å². The van der Waals surface area contributed by atoms with Crippen molar-refractivity contribution in [1.82, 2.24) is 4.90 Å². The largest absolute Gasteiger partial charge is 0.465 e. The van der Waals surface area contributed by atoms with Crippen molar-refractivity contribution in [2.75, 3.05) is 13.2 Å². The number of nitrogens with zero attached hydrogens (tertiary/aromatic N) is 1. The molecule has 2 heterocycles.